The number of rotatable bonds is 3. The van der Waals surface area contributed by atoms with E-state index in [2.05, 4.69) is 0 Å². The van der Waals surface area contributed by atoms with Gasteiger partial charge in [0.2, 0.25) is 0 Å². The zero-order valence-electron chi connectivity index (χ0n) is 11.7. The Morgan fingerprint density at radius 2 is 2.00 bits per heavy atom. The molecule has 0 aliphatic carbocycles. The first-order chi connectivity index (χ1) is 9.61. The number of methoxy groups -OCH3 is 1. The van der Waals surface area contributed by atoms with E-state index >= 15 is 0 Å². The molecule has 5 nitrogen and oxygen atoms in total. The monoisotopic (exact) mass is 276 g/mol. The van der Waals surface area contributed by atoms with Crippen molar-refractivity contribution in [1.82, 2.24) is 4.90 Å². The summed E-state index contributed by atoms with van der Waals surface area (Å²) in [7, 11) is 1.37. The predicted molar refractivity (Wildman–Crippen MR) is 76.2 cm³/mol. The molecular formula is C15H20N2O3. The molecule has 1 fully saturated rings. The lowest BCUT2D eigenvalue weighted by molar-refractivity contribution is -0.142. The van der Waals surface area contributed by atoms with Crippen LogP contribution in [-0.4, -0.2) is 36.5 Å². The maximum Gasteiger partial charge on any atom is 0.307 e. The minimum atomic E-state index is -0.271. The minimum absolute atomic E-state index is 0.0430. The van der Waals surface area contributed by atoms with Gasteiger partial charge in [-0.2, -0.15) is 0 Å². The lowest BCUT2D eigenvalue weighted by atomic mass is 9.98. The Morgan fingerprint density at radius 1 is 1.30 bits per heavy atom. The van der Waals surface area contributed by atoms with E-state index in [0.29, 0.717) is 17.8 Å². The van der Waals surface area contributed by atoms with Crippen molar-refractivity contribution in [3.05, 3.63) is 29.8 Å². The summed E-state index contributed by atoms with van der Waals surface area (Å²) in [5.41, 5.74) is 6.87. The molecule has 0 radical (unpaired) electrons. The highest BCUT2D eigenvalue weighted by atomic mass is 16.5. The van der Waals surface area contributed by atoms with E-state index in [1.54, 1.807) is 29.2 Å². The van der Waals surface area contributed by atoms with Crippen molar-refractivity contribution in [2.75, 3.05) is 19.4 Å². The highest BCUT2D eigenvalue weighted by Gasteiger charge is 2.29. The topological polar surface area (TPSA) is 72.6 Å². The van der Waals surface area contributed by atoms with Gasteiger partial charge in [-0.25, -0.2) is 0 Å². The van der Waals surface area contributed by atoms with Gasteiger partial charge in [-0.05, 0) is 43.5 Å². The van der Waals surface area contributed by atoms with Crippen molar-refractivity contribution in [3.8, 4) is 0 Å². The molecule has 1 aromatic rings. The molecule has 108 valence electrons. The van der Waals surface area contributed by atoms with Crippen LogP contribution in [0.2, 0.25) is 0 Å². The van der Waals surface area contributed by atoms with Gasteiger partial charge in [-0.15, -0.1) is 0 Å². The van der Waals surface area contributed by atoms with E-state index in [9.17, 15) is 9.59 Å². The number of nitrogens with two attached hydrogens (primary N) is 1. The quantitative estimate of drug-likeness (QED) is 0.675. The minimum Gasteiger partial charge on any atom is -0.469 e. The molecule has 0 bridgehead atoms. The Kier molecular flexibility index (Phi) is 4.61. The number of esters is 1. The molecule has 0 aromatic heterocycles. The molecule has 1 saturated heterocycles. The second-order valence-corrected chi connectivity index (χ2v) is 5.05. The number of benzene rings is 1. The second kappa shape index (κ2) is 6.41. The molecule has 1 heterocycles. The fourth-order valence-electron chi connectivity index (χ4n) is 2.55. The number of hydrogen-bond acceptors (Lipinski definition) is 4. The maximum atomic E-state index is 12.5. The van der Waals surface area contributed by atoms with Crippen LogP contribution in [0.1, 0.15) is 36.0 Å². The standard InChI is InChI=1S/C15H20N2O3/c1-20-14(18)10-13-4-2-3-9-17(13)15(19)11-5-7-12(16)8-6-11/h5-8,13H,2-4,9-10,16H2,1H3. The van der Waals surface area contributed by atoms with E-state index in [-0.39, 0.29) is 24.3 Å². The van der Waals surface area contributed by atoms with Crippen molar-refractivity contribution < 1.29 is 14.3 Å². The second-order valence-electron chi connectivity index (χ2n) is 5.05. The number of likely N-dealkylation sites (tertiary alicyclic amines) is 1. The van der Waals surface area contributed by atoms with Crippen LogP contribution in [0.5, 0.6) is 0 Å². The van der Waals surface area contributed by atoms with Gasteiger partial charge < -0.3 is 15.4 Å². The number of nitrogen functional groups attached to an aromatic ring is 1. The van der Waals surface area contributed by atoms with Gasteiger partial charge in [0.1, 0.15) is 0 Å². The third-order valence-electron chi connectivity index (χ3n) is 3.68. The number of carbonyl (C=O) groups excluding carboxylic acids is 2. The highest BCUT2D eigenvalue weighted by molar-refractivity contribution is 5.95. The summed E-state index contributed by atoms with van der Waals surface area (Å²) in [6.45, 7) is 0.685. The first kappa shape index (κ1) is 14.4. The Morgan fingerprint density at radius 3 is 2.65 bits per heavy atom. The van der Waals surface area contributed by atoms with Crippen LogP contribution >= 0.6 is 0 Å². The van der Waals surface area contributed by atoms with Crippen molar-refractivity contribution in [2.24, 2.45) is 0 Å². The fourth-order valence-corrected chi connectivity index (χ4v) is 2.55. The van der Waals surface area contributed by atoms with E-state index in [1.165, 1.54) is 7.11 Å². The normalized spacial score (nSPS) is 18.6. The summed E-state index contributed by atoms with van der Waals surface area (Å²) < 4.78 is 4.71. The average Bonchev–Trinajstić information content (AvgIpc) is 2.48. The lowest BCUT2D eigenvalue weighted by Crippen LogP contribution is -2.44. The predicted octanol–water partition coefficient (Wildman–Crippen LogP) is 1.83. The van der Waals surface area contributed by atoms with E-state index < -0.39 is 0 Å². The van der Waals surface area contributed by atoms with Crippen LogP contribution in [0, 0.1) is 0 Å². The zero-order valence-corrected chi connectivity index (χ0v) is 11.7. The first-order valence-electron chi connectivity index (χ1n) is 6.85. The number of anilines is 1. The summed E-state index contributed by atoms with van der Waals surface area (Å²) in [6.07, 6.45) is 3.11. The lowest BCUT2D eigenvalue weighted by Gasteiger charge is -2.35. The number of carbonyl (C=O) groups is 2. The smallest absolute Gasteiger partial charge is 0.307 e. The number of nitrogens with zero attached hydrogens (tertiary/aromatic N) is 1. The molecule has 2 rings (SSSR count). The molecule has 0 saturated carbocycles. The summed E-state index contributed by atoms with van der Waals surface area (Å²) in [6, 6.07) is 6.81. The van der Waals surface area contributed by atoms with Gasteiger partial charge in [-0.3, -0.25) is 9.59 Å². The van der Waals surface area contributed by atoms with Gasteiger partial charge in [0.15, 0.2) is 0 Å². The molecule has 1 aliphatic heterocycles. The van der Waals surface area contributed by atoms with Crippen molar-refractivity contribution in [3.63, 3.8) is 0 Å². The number of piperidine rings is 1. The summed E-state index contributed by atoms with van der Waals surface area (Å²) in [4.78, 5) is 25.8. The third kappa shape index (κ3) is 3.29. The summed E-state index contributed by atoms with van der Waals surface area (Å²) >= 11 is 0. The average molecular weight is 276 g/mol. The van der Waals surface area contributed by atoms with Crippen LogP contribution in [0.15, 0.2) is 24.3 Å². The molecular weight excluding hydrogens is 256 g/mol. The number of ether oxygens (including phenoxy) is 1. The molecule has 2 N–H and O–H groups in total. The third-order valence-corrected chi connectivity index (χ3v) is 3.68. The molecule has 20 heavy (non-hydrogen) atoms. The van der Waals surface area contributed by atoms with Crippen LogP contribution in [-0.2, 0) is 9.53 Å². The Balaban J connectivity index is 2.12. The maximum absolute atomic E-state index is 12.5. The molecule has 5 heteroatoms. The Hall–Kier alpha value is -2.04. The van der Waals surface area contributed by atoms with Crippen LogP contribution in [0.4, 0.5) is 5.69 Å². The first-order valence-corrected chi connectivity index (χ1v) is 6.85. The number of amides is 1. The Bertz CT molecular complexity index is 484. The Labute approximate surface area is 118 Å². The van der Waals surface area contributed by atoms with Gasteiger partial charge in [0.05, 0.1) is 13.5 Å². The van der Waals surface area contributed by atoms with E-state index in [1.807, 2.05) is 0 Å². The van der Waals surface area contributed by atoms with E-state index in [0.717, 1.165) is 19.3 Å². The van der Waals surface area contributed by atoms with Gasteiger partial charge >= 0.3 is 5.97 Å². The summed E-state index contributed by atoms with van der Waals surface area (Å²) in [5.74, 6) is -0.314. The van der Waals surface area contributed by atoms with Crippen molar-refractivity contribution >= 4 is 17.6 Å². The molecule has 0 spiro atoms. The van der Waals surface area contributed by atoms with Crippen molar-refractivity contribution in [2.45, 2.75) is 31.7 Å². The summed E-state index contributed by atoms with van der Waals surface area (Å²) in [5, 5.41) is 0. The molecule has 1 aromatic carbocycles. The van der Waals surface area contributed by atoms with Gasteiger partial charge in [-0.1, -0.05) is 0 Å². The molecule has 1 amide bonds. The highest BCUT2D eigenvalue weighted by Crippen LogP contribution is 2.22. The van der Waals surface area contributed by atoms with Crippen molar-refractivity contribution in [1.29, 1.82) is 0 Å². The fraction of sp³-hybridized carbons (Fsp3) is 0.467. The molecule has 1 unspecified atom stereocenters. The van der Waals surface area contributed by atoms with Gasteiger partial charge in [0, 0.05) is 23.8 Å². The SMILES string of the molecule is COC(=O)CC1CCCCN1C(=O)c1ccc(N)cc1. The van der Waals surface area contributed by atoms with Crippen LogP contribution in [0.25, 0.3) is 0 Å². The largest absolute Gasteiger partial charge is 0.469 e. The zero-order chi connectivity index (χ0) is 14.5. The molecule has 1 aliphatic rings. The number of hydrogen-bond donors (Lipinski definition) is 1. The van der Waals surface area contributed by atoms with Crippen LogP contribution in [0.3, 0.4) is 0 Å². The van der Waals surface area contributed by atoms with Crippen LogP contribution < -0.4 is 5.73 Å². The van der Waals surface area contributed by atoms with Gasteiger partial charge in [0.25, 0.3) is 5.91 Å². The molecule has 1 atom stereocenters. The van der Waals surface area contributed by atoms with E-state index in [4.69, 9.17) is 10.5 Å².